The molecule has 0 saturated carbocycles. The predicted octanol–water partition coefficient (Wildman–Crippen LogP) is 2.02. The Bertz CT molecular complexity index is 529. The molecule has 0 aliphatic rings. The third kappa shape index (κ3) is 3.84. The summed E-state index contributed by atoms with van der Waals surface area (Å²) >= 11 is 0. The Morgan fingerprint density at radius 3 is 2.42 bits per heavy atom. The Kier molecular flexibility index (Phi) is 5.20. The molecule has 0 fully saturated rings. The molecule has 0 spiro atoms. The van der Waals surface area contributed by atoms with Crippen molar-refractivity contribution in [1.82, 2.24) is 4.72 Å². The summed E-state index contributed by atoms with van der Waals surface area (Å²) in [5.74, 6) is 0.530. The average Bonchev–Trinajstić information content (AvgIpc) is 2.37. The van der Waals surface area contributed by atoms with Gasteiger partial charge in [-0.1, -0.05) is 20.3 Å². The SMILES string of the molecule is CCC(C)C(C)Nc1ccc(S(=O)(=O)NC)c(N)c1. The van der Waals surface area contributed by atoms with Gasteiger partial charge in [-0.3, -0.25) is 0 Å². The minimum Gasteiger partial charge on any atom is -0.398 e. The smallest absolute Gasteiger partial charge is 0.242 e. The molecule has 1 aromatic rings. The summed E-state index contributed by atoms with van der Waals surface area (Å²) in [4.78, 5) is 0.108. The van der Waals surface area contributed by atoms with E-state index < -0.39 is 10.0 Å². The monoisotopic (exact) mass is 285 g/mol. The zero-order chi connectivity index (χ0) is 14.6. The third-order valence-electron chi connectivity index (χ3n) is 3.46. The van der Waals surface area contributed by atoms with E-state index in [1.807, 2.05) is 0 Å². The van der Waals surface area contributed by atoms with Gasteiger partial charge in [0.1, 0.15) is 4.90 Å². The number of hydrogen-bond donors (Lipinski definition) is 3. The van der Waals surface area contributed by atoms with Crippen molar-refractivity contribution in [2.24, 2.45) is 5.92 Å². The molecule has 2 unspecified atom stereocenters. The summed E-state index contributed by atoms with van der Waals surface area (Å²) in [6.45, 7) is 6.41. The van der Waals surface area contributed by atoms with Crippen LogP contribution in [0.4, 0.5) is 11.4 Å². The van der Waals surface area contributed by atoms with E-state index in [2.05, 4.69) is 30.8 Å². The minimum atomic E-state index is -3.50. The second-order valence-electron chi connectivity index (χ2n) is 4.78. The number of hydrogen-bond acceptors (Lipinski definition) is 4. The molecule has 5 nitrogen and oxygen atoms in total. The van der Waals surface area contributed by atoms with Crippen molar-refractivity contribution in [3.63, 3.8) is 0 Å². The molecular weight excluding hydrogens is 262 g/mol. The maximum atomic E-state index is 11.7. The fourth-order valence-corrected chi connectivity index (χ4v) is 2.59. The number of nitrogen functional groups attached to an aromatic ring is 1. The second-order valence-corrected chi connectivity index (χ2v) is 6.63. The lowest BCUT2D eigenvalue weighted by atomic mass is 10.0. The highest BCUT2D eigenvalue weighted by Crippen LogP contribution is 2.23. The molecule has 0 aromatic heterocycles. The fraction of sp³-hybridized carbons (Fsp3) is 0.538. The number of anilines is 2. The topological polar surface area (TPSA) is 84.2 Å². The standard InChI is InChI=1S/C13H23N3O2S/c1-5-9(2)10(3)16-11-6-7-13(12(14)8-11)19(17,18)15-4/h6-10,15-16H,5,14H2,1-4H3. The number of benzene rings is 1. The van der Waals surface area contributed by atoms with E-state index in [0.717, 1.165) is 12.1 Å². The van der Waals surface area contributed by atoms with E-state index >= 15 is 0 Å². The second kappa shape index (κ2) is 6.25. The Hall–Kier alpha value is -1.27. The van der Waals surface area contributed by atoms with Gasteiger partial charge < -0.3 is 11.1 Å². The van der Waals surface area contributed by atoms with E-state index in [9.17, 15) is 8.42 Å². The van der Waals surface area contributed by atoms with Crippen LogP contribution in [0.15, 0.2) is 23.1 Å². The van der Waals surface area contributed by atoms with Crippen LogP contribution in [-0.2, 0) is 10.0 Å². The van der Waals surface area contributed by atoms with Crippen molar-refractivity contribution in [3.05, 3.63) is 18.2 Å². The zero-order valence-corrected chi connectivity index (χ0v) is 12.7. The van der Waals surface area contributed by atoms with E-state index in [4.69, 9.17) is 5.73 Å². The van der Waals surface area contributed by atoms with Crippen LogP contribution >= 0.6 is 0 Å². The number of sulfonamides is 1. The average molecular weight is 285 g/mol. The van der Waals surface area contributed by atoms with Gasteiger partial charge in [0.2, 0.25) is 10.0 Å². The third-order valence-corrected chi connectivity index (χ3v) is 4.95. The van der Waals surface area contributed by atoms with Crippen molar-refractivity contribution in [2.75, 3.05) is 18.1 Å². The normalized spacial score (nSPS) is 14.9. The van der Waals surface area contributed by atoms with Crippen molar-refractivity contribution < 1.29 is 8.42 Å². The summed E-state index contributed by atoms with van der Waals surface area (Å²) in [6.07, 6.45) is 1.08. The molecule has 6 heteroatoms. The van der Waals surface area contributed by atoms with Crippen LogP contribution in [0.25, 0.3) is 0 Å². The van der Waals surface area contributed by atoms with Gasteiger partial charge in [-0.15, -0.1) is 0 Å². The number of nitrogens with two attached hydrogens (primary N) is 1. The lowest BCUT2D eigenvalue weighted by molar-refractivity contribution is 0.494. The highest BCUT2D eigenvalue weighted by molar-refractivity contribution is 7.89. The van der Waals surface area contributed by atoms with Crippen LogP contribution < -0.4 is 15.8 Å². The first-order valence-electron chi connectivity index (χ1n) is 6.41. The van der Waals surface area contributed by atoms with E-state index in [0.29, 0.717) is 12.0 Å². The summed E-state index contributed by atoms with van der Waals surface area (Å²) in [5.41, 5.74) is 6.89. The van der Waals surface area contributed by atoms with Gasteiger partial charge in [-0.25, -0.2) is 13.1 Å². The fourth-order valence-electron chi connectivity index (χ4n) is 1.75. The van der Waals surface area contributed by atoms with Gasteiger partial charge in [0.25, 0.3) is 0 Å². The van der Waals surface area contributed by atoms with Gasteiger partial charge in [0.05, 0.1) is 5.69 Å². The summed E-state index contributed by atoms with van der Waals surface area (Å²) in [6, 6.07) is 5.21. The summed E-state index contributed by atoms with van der Waals surface area (Å²) in [7, 11) is -2.13. The molecule has 0 aliphatic carbocycles. The number of nitrogens with one attached hydrogen (secondary N) is 2. The van der Waals surface area contributed by atoms with E-state index in [1.54, 1.807) is 12.1 Å². The minimum absolute atomic E-state index is 0.108. The Morgan fingerprint density at radius 1 is 1.32 bits per heavy atom. The van der Waals surface area contributed by atoms with Crippen LogP contribution in [0.5, 0.6) is 0 Å². The molecule has 0 aliphatic heterocycles. The molecule has 0 heterocycles. The zero-order valence-electron chi connectivity index (χ0n) is 11.9. The summed E-state index contributed by atoms with van der Waals surface area (Å²) < 4.78 is 25.7. The highest BCUT2D eigenvalue weighted by atomic mass is 32.2. The number of rotatable bonds is 6. The Labute approximate surface area is 115 Å². The molecule has 19 heavy (non-hydrogen) atoms. The van der Waals surface area contributed by atoms with Gasteiger partial charge in [0.15, 0.2) is 0 Å². The molecular formula is C13H23N3O2S. The molecule has 1 rings (SSSR count). The molecule has 4 N–H and O–H groups in total. The molecule has 2 atom stereocenters. The molecule has 0 radical (unpaired) electrons. The van der Waals surface area contributed by atoms with Crippen molar-refractivity contribution in [3.8, 4) is 0 Å². The Morgan fingerprint density at radius 2 is 1.95 bits per heavy atom. The lowest BCUT2D eigenvalue weighted by Crippen LogP contribution is -2.23. The van der Waals surface area contributed by atoms with Crippen LogP contribution in [0.3, 0.4) is 0 Å². The van der Waals surface area contributed by atoms with Crippen LogP contribution in [-0.4, -0.2) is 21.5 Å². The van der Waals surface area contributed by atoms with Gasteiger partial charge in [-0.2, -0.15) is 0 Å². The van der Waals surface area contributed by atoms with Crippen molar-refractivity contribution in [1.29, 1.82) is 0 Å². The molecule has 1 aromatic carbocycles. The maximum absolute atomic E-state index is 11.7. The largest absolute Gasteiger partial charge is 0.398 e. The first kappa shape index (κ1) is 15.8. The van der Waals surface area contributed by atoms with E-state index in [-0.39, 0.29) is 10.6 Å². The van der Waals surface area contributed by atoms with E-state index in [1.165, 1.54) is 13.1 Å². The van der Waals surface area contributed by atoms with Gasteiger partial charge in [0, 0.05) is 11.7 Å². The molecule has 0 amide bonds. The molecule has 0 bridgehead atoms. The first-order chi connectivity index (χ1) is 8.81. The molecule has 0 saturated heterocycles. The van der Waals surface area contributed by atoms with Gasteiger partial charge in [-0.05, 0) is 38.1 Å². The van der Waals surface area contributed by atoms with Crippen LogP contribution in [0.2, 0.25) is 0 Å². The van der Waals surface area contributed by atoms with Crippen LogP contribution in [0, 0.1) is 5.92 Å². The Balaban J connectivity index is 2.95. The highest BCUT2D eigenvalue weighted by Gasteiger charge is 2.16. The maximum Gasteiger partial charge on any atom is 0.242 e. The van der Waals surface area contributed by atoms with Crippen molar-refractivity contribution in [2.45, 2.75) is 38.1 Å². The van der Waals surface area contributed by atoms with Crippen LogP contribution in [0.1, 0.15) is 27.2 Å². The van der Waals surface area contributed by atoms with Gasteiger partial charge >= 0.3 is 0 Å². The first-order valence-corrected chi connectivity index (χ1v) is 7.89. The lowest BCUT2D eigenvalue weighted by Gasteiger charge is -2.21. The summed E-state index contributed by atoms with van der Waals surface area (Å²) in [5, 5.41) is 3.33. The predicted molar refractivity (Wildman–Crippen MR) is 79.6 cm³/mol. The molecule has 108 valence electrons. The quantitative estimate of drug-likeness (QED) is 0.698. The van der Waals surface area contributed by atoms with Crippen molar-refractivity contribution >= 4 is 21.4 Å².